The van der Waals surface area contributed by atoms with Crippen molar-refractivity contribution in [1.29, 1.82) is 0 Å². The minimum absolute atomic E-state index is 0.0243. The van der Waals surface area contributed by atoms with Gasteiger partial charge in [0.05, 0.1) is 36.1 Å². The van der Waals surface area contributed by atoms with Crippen LogP contribution in [0.25, 0.3) is 10.9 Å². The van der Waals surface area contributed by atoms with E-state index in [1.54, 1.807) is 11.9 Å². The maximum absolute atomic E-state index is 12.4. The molecule has 0 aliphatic carbocycles. The quantitative estimate of drug-likeness (QED) is 0.305. The van der Waals surface area contributed by atoms with E-state index in [2.05, 4.69) is 9.97 Å². The molecule has 0 saturated heterocycles. The van der Waals surface area contributed by atoms with Gasteiger partial charge in [-0.25, -0.2) is 14.8 Å². The number of amides is 1. The number of likely N-dealkylation sites (N-methyl/N-ethyl adjacent to an activating group) is 2. The third-order valence-electron chi connectivity index (χ3n) is 5.65. The molecule has 4 aromatic rings. The summed E-state index contributed by atoms with van der Waals surface area (Å²) < 4.78 is 4.75. The van der Waals surface area contributed by atoms with Crippen LogP contribution in [0.15, 0.2) is 71.9 Å². The number of ether oxygens (including phenoxy) is 1. The molecule has 0 aliphatic rings. The Kier molecular flexibility index (Phi) is 7.12. The summed E-state index contributed by atoms with van der Waals surface area (Å²) in [6, 6.07) is 18.3. The van der Waals surface area contributed by atoms with Gasteiger partial charge in [-0.1, -0.05) is 30.3 Å². The van der Waals surface area contributed by atoms with Gasteiger partial charge in [0.25, 0.3) is 0 Å². The summed E-state index contributed by atoms with van der Waals surface area (Å²) in [4.78, 5) is 39.7. The summed E-state index contributed by atoms with van der Waals surface area (Å²) >= 11 is 0. The van der Waals surface area contributed by atoms with E-state index in [1.165, 1.54) is 19.4 Å². The number of hydrogen-bond acceptors (Lipinski definition) is 7. The summed E-state index contributed by atoms with van der Waals surface area (Å²) in [5.41, 5.74) is 3.81. The van der Waals surface area contributed by atoms with Crippen molar-refractivity contribution in [3.05, 3.63) is 83.7 Å². The van der Waals surface area contributed by atoms with Crippen molar-refractivity contribution in [2.24, 2.45) is 4.99 Å². The minimum atomic E-state index is -0.571. The molecule has 2 heterocycles. The first-order valence-corrected chi connectivity index (χ1v) is 11.2. The van der Waals surface area contributed by atoms with Gasteiger partial charge >= 0.3 is 5.97 Å². The van der Waals surface area contributed by atoms with Gasteiger partial charge in [0.1, 0.15) is 5.69 Å². The number of aromatic amines is 1. The van der Waals surface area contributed by atoms with Gasteiger partial charge in [-0.3, -0.25) is 4.79 Å². The molecule has 184 valence electrons. The van der Waals surface area contributed by atoms with Gasteiger partial charge in [0, 0.05) is 29.9 Å². The van der Waals surface area contributed by atoms with Crippen LogP contribution in [0.2, 0.25) is 0 Å². The molecule has 0 aliphatic heterocycles. The topological polar surface area (TPSA) is 111 Å². The van der Waals surface area contributed by atoms with Gasteiger partial charge in [-0.05, 0) is 44.4 Å². The van der Waals surface area contributed by atoms with Gasteiger partial charge in [-0.2, -0.15) is 0 Å². The zero-order valence-corrected chi connectivity index (χ0v) is 20.5. The van der Waals surface area contributed by atoms with Crippen molar-refractivity contribution in [1.82, 2.24) is 14.9 Å². The zero-order valence-electron chi connectivity index (χ0n) is 20.5. The third kappa shape index (κ3) is 5.11. The fraction of sp³-hybridized carbons (Fsp3) is 0.185. The van der Waals surface area contributed by atoms with Crippen LogP contribution in [0.4, 0.5) is 11.4 Å². The molecular weight excluding hydrogens is 458 g/mol. The Labute approximate surface area is 208 Å². The number of benzene rings is 2. The second-order valence-electron chi connectivity index (χ2n) is 8.49. The minimum Gasteiger partial charge on any atom is -0.494 e. The first-order chi connectivity index (χ1) is 17.3. The second kappa shape index (κ2) is 10.4. The average molecular weight is 486 g/mol. The number of hydrogen-bond donors (Lipinski definition) is 2. The smallest absolute Gasteiger partial charge is 0.356 e. The summed E-state index contributed by atoms with van der Waals surface area (Å²) in [6.07, 6.45) is 1.51. The average Bonchev–Trinajstić information content (AvgIpc) is 3.21. The predicted molar refractivity (Wildman–Crippen MR) is 139 cm³/mol. The number of methoxy groups -OCH3 is 1. The van der Waals surface area contributed by atoms with Crippen molar-refractivity contribution in [2.75, 3.05) is 39.7 Å². The Bertz CT molecular complexity index is 1430. The number of carbonyl (C=O) groups excluding carboxylic acids is 2. The Balaban J connectivity index is 1.77. The second-order valence-corrected chi connectivity index (χ2v) is 8.49. The van der Waals surface area contributed by atoms with Crippen molar-refractivity contribution in [3.63, 3.8) is 0 Å². The molecule has 9 heteroatoms. The van der Waals surface area contributed by atoms with Gasteiger partial charge in [0.2, 0.25) is 5.91 Å². The first-order valence-electron chi connectivity index (χ1n) is 11.2. The van der Waals surface area contributed by atoms with E-state index in [-0.39, 0.29) is 17.5 Å². The maximum Gasteiger partial charge on any atom is 0.356 e. The molecule has 0 bridgehead atoms. The Morgan fingerprint density at radius 2 is 1.75 bits per heavy atom. The Morgan fingerprint density at radius 3 is 2.39 bits per heavy atom. The normalized spacial score (nSPS) is 11.6. The number of H-pyrrole nitrogens is 1. The van der Waals surface area contributed by atoms with Gasteiger partial charge < -0.3 is 24.6 Å². The van der Waals surface area contributed by atoms with Crippen LogP contribution < -0.4 is 4.90 Å². The van der Waals surface area contributed by atoms with E-state index in [4.69, 9.17) is 9.73 Å². The van der Waals surface area contributed by atoms with E-state index in [1.807, 2.05) is 73.6 Å². The number of aromatic hydroxyl groups is 1. The van der Waals surface area contributed by atoms with Crippen molar-refractivity contribution < 1.29 is 19.4 Å². The van der Waals surface area contributed by atoms with E-state index >= 15 is 0 Å². The van der Waals surface area contributed by atoms with Crippen LogP contribution in [0, 0.1) is 0 Å². The highest BCUT2D eigenvalue weighted by Gasteiger charge is 2.21. The lowest BCUT2D eigenvalue weighted by Gasteiger charge is -2.19. The number of esters is 1. The number of pyridine rings is 1. The van der Waals surface area contributed by atoms with E-state index in [0.717, 1.165) is 11.3 Å². The number of nitrogens with one attached hydrogen (secondary N) is 1. The highest BCUT2D eigenvalue weighted by atomic mass is 16.5. The van der Waals surface area contributed by atoms with Crippen LogP contribution >= 0.6 is 0 Å². The highest BCUT2D eigenvalue weighted by molar-refractivity contribution is 6.22. The fourth-order valence-electron chi connectivity index (χ4n) is 3.79. The maximum atomic E-state index is 12.4. The number of carbonyl (C=O) groups is 2. The standard InChI is InChI=1S/C27H27N5O4/c1-31(2)16-23(33)32(3)19-12-10-18(11-13-19)29-25(17-8-6-5-7-9-17)24-20-15-28-22(27(35)36-4)14-21(20)30-26(24)34/h5-15,30,34H,16H2,1-4H3. The molecule has 2 aromatic carbocycles. The van der Waals surface area contributed by atoms with Crippen LogP contribution in [0.1, 0.15) is 21.6 Å². The van der Waals surface area contributed by atoms with Crippen LogP contribution in [0.5, 0.6) is 5.88 Å². The number of rotatable bonds is 7. The molecule has 0 saturated carbocycles. The Hall–Kier alpha value is -4.50. The summed E-state index contributed by atoms with van der Waals surface area (Å²) in [6.45, 7) is 0.306. The number of nitrogens with zero attached hydrogens (tertiary/aromatic N) is 4. The van der Waals surface area contributed by atoms with E-state index in [0.29, 0.717) is 34.4 Å². The van der Waals surface area contributed by atoms with Crippen molar-refractivity contribution >= 4 is 39.9 Å². The van der Waals surface area contributed by atoms with Crippen molar-refractivity contribution in [3.8, 4) is 5.88 Å². The third-order valence-corrected chi connectivity index (χ3v) is 5.65. The number of fused-ring (bicyclic) bond motifs is 1. The number of aromatic nitrogens is 2. The monoisotopic (exact) mass is 485 g/mol. The molecule has 0 unspecified atom stereocenters. The Morgan fingerprint density at radius 1 is 1.06 bits per heavy atom. The molecule has 2 N–H and O–H groups in total. The fourth-order valence-corrected chi connectivity index (χ4v) is 3.79. The first kappa shape index (κ1) is 24.6. The van der Waals surface area contributed by atoms with Crippen LogP contribution in [-0.4, -0.2) is 72.4 Å². The molecule has 0 fully saturated rings. The van der Waals surface area contributed by atoms with Crippen molar-refractivity contribution in [2.45, 2.75) is 0 Å². The molecule has 4 rings (SSSR count). The van der Waals surface area contributed by atoms with E-state index in [9.17, 15) is 14.7 Å². The lowest BCUT2D eigenvalue weighted by molar-refractivity contribution is -0.118. The van der Waals surface area contributed by atoms with Crippen LogP contribution in [0.3, 0.4) is 0 Å². The lowest BCUT2D eigenvalue weighted by atomic mass is 10.0. The zero-order chi connectivity index (χ0) is 25.8. The number of aliphatic imine (C=N–C) groups is 1. The lowest BCUT2D eigenvalue weighted by Crippen LogP contribution is -2.34. The summed E-state index contributed by atoms with van der Waals surface area (Å²) in [7, 11) is 6.72. The molecule has 2 aromatic heterocycles. The SMILES string of the molecule is COC(=O)c1cc2[nH]c(O)c(C(=Nc3ccc(N(C)C(=O)CN(C)C)cc3)c3ccccc3)c2cn1. The van der Waals surface area contributed by atoms with Gasteiger partial charge in [-0.15, -0.1) is 0 Å². The highest BCUT2D eigenvalue weighted by Crippen LogP contribution is 2.32. The predicted octanol–water partition coefficient (Wildman–Crippen LogP) is 3.75. The van der Waals surface area contributed by atoms with Gasteiger partial charge in [0.15, 0.2) is 5.88 Å². The molecule has 36 heavy (non-hydrogen) atoms. The van der Waals surface area contributed by atoms with Crippen LogP contribution in [-0.2, 0) is 9.53 Å². The molecule has 0 spiro atoms. The molecule has 1 amide bonds. The largest absolute Gasteiger partial charge is 0.494 e. The molecule has 0 radical (unpaired) electrons. The molecule has 0 atom stereocenters. The number of anilines is 1. The molecular formula is C27H27N5O4. The summed E-state index contributed by atoms with van der Waals surface area (Å²) in [5, 5.41) is 11.5. The van der Waals surface area contributed by atoms with E-state index < -0.39 is 5.97 Å². The molecule has 9 nitrogen and oxygen atoms in total. The summed E-state index contributed by atoms with van der Waals surface area (Å²) in [5.74, 6) is -0.690.